The average Bonchev–Trinajstić information content (AvgIpc) is 2.96. The lowest BCUT2D eigenvalue weighted by atomic mass is 10.1. The Labute approximate surface area is 125 Å². The van der Waals surface area contributed by atoms with Gasteiger partial charge in [-0.05, 0) is 31.7 Å². The summed E-state index contributed by atoms with van der Waals surface area (Å²) in [7, 11) is -3.33. The first-order chi connectivity index (χ1) is 10.1. The van der Waals surface area contributed by atoms with Crippen molar-refractivity contribution in [3.63, 3.8) is 0 Å². The van der Waals surface area contributed by atoms with E-state index >= 15 is 0 Å². The summed E-state index contributed by atoms with van der Waals surface area (Å²) in [4.78, 5) is 0. The first-order valence-electron chi connectivity index (χ1n) is 7.46. The number of fused-ring (bicyclic) bond motifs is 1. The largest absolute Gasteiger partial charge is 0.411 e. The molecule has 0 spiro atoms. The van der Waals surface area contributed by atoms with Crippen LogP contribution in [0.1, 0.15) is 44.1 Å². The second kappa shape index (κ2) is 5.67. The van der Waals surface area contributed by atoms with E-state index in [1.807, 2.05) is 18.2 Å². The second-order valence-electron chi connectivity index (χ2n) is 5.69. The van der Waals surface area contributed by atoms with E-state index in [1.54, 1.807) is 6.07 Å². The molecular weight excluding hydrogens is 288 g/mol. The van der Waals surface area contributed by atoms with Gasteiger partial charge in [-0.1, -0.05) is 36.2 Å². The number of hydrogen-bond acceptors (Lipinski definition) is 4. The van der Waals surface area contributed by atoms with E-state index in [9.17, 15) is 13.6 Å². The predicted molar refractivity (Wildman–Crippen MR) is 82.5 cm³/mol. The molecule has 1 heterocycles. The van der Waals surface area contributed by atoms with Gasteiger partial charge in [0, 0.05) is 12.1 Å². The zero-order chi connectivity index (χ0) is 14.9. The van der Waals surface area contributed by atoms with Crippen LogP contribution in [0.4, 0.5) is 5.69 Å². The third kappa shape index (κ3) is 2.52. The van der Waals surface area contributed by atoms with Crippen LogP contribution in [0.5, 0.6) is 0 Å². The quantitative estimate of drug-likeness (QED) is 0.674. The van der Waals surface area contributed by atoms with Crippen LogP contribution in [0.3, 0.4) is 0 Å². The van der Waals surface area contributed by atoms with Crippen LogP contribution in [0, 0.1) is 0 Å². The van der Waals surface area contributed by atoms with Crippen LogP contribution in [0.2, 0.25) is 0 Å². The molecule has 0 atom stereocenters. The summed E-state index contributed by atoms with van der Waals surface area (Å²) in [6.07, 6.45) is 4.74. The number of oxime groups is 1. The summed E-state index contributed by atoms with van der Waals surface area (Å²) in [5, 5.41) is 12.3. The Bertz CT molecular complexity index is 649. The Kier molecular flexibility index (Phi) is 3.89. The van der Waals surface area contributed by atoms with Crippen molar-refractivity contribution in [1.29, 1.82) is 0 Å². The Morgan fingerprint density at radius 1 is 1.14 bits per heavy atom. The lowest BCUT2D eigenvalue weighted by Gasteiger charge is -2.27. The van der Waals surface area contributed by atoms with E-state index in [4.69, 9.17) is 0 Å². The molecule has 2 aliphatic rings. The molecule has 1 aliphatic heterocycles. The smallest absolute Gasteiger partial charge is 0.238 e. The van der Waals surface area contributed by atoms with Crippen LogP contribution >= 0.6 is 0 Å². The zero-order valence-corrected chi connectivity index (χ0v) is 12.7. The van der Waals surface area contributed by atoms with Crippen molar-refractivity contribution in [3.05, 3.63) is 29.8 Å². The molecule has 0 unspecified atom stereocenters. The minimum Gasteiger partial charge on any atom is -0.411 e. The van der Waals surface area contributed by atoms with Crippen molar-refractivity contribution in [3.8, 4) is 0 Å². The van der Waals surface area contributed by atoms with E-state index in [0.29, 0.717) is 30.8 Å². The maximum Gasteiger partial charge on any atom is 0.238 e. The minimum atomic E-state index is -3.33. The molecule has 1 aromatic rings. The molecule has 3 rings (SSSR count). The van der Waals surface area contributed by atoms with Crippen molar-refractivity contribution in [2.45, 2.75) is 43.8 Å². The third-order valence-corrected chi connectivity index (χ3v) is 6.72. The third-order valence-electron chi connectivity index (χ3n) is 4.41. The molecule has 0 radical (unpaired) electrons. The SMILES string of the molecule is O=S(=O)(C1CCCC1)N1CCC/C(=N/O)c2ccccc21. The number of sulfonamides is 1. The number of anilines is 1. The Morgan fingerprint density at radius 2 is 1.86 bits per heavy atom. The summed E-state index contributed by atoms with van der Waals surface area (Å²) in [6.45, 7) is 0.453. The maximum absolute atomic E-state index is 12.9. The van der Waals surface area contributed by atoms with E-state index in [-0.39, 0.29) is 5.25 Å². The Hall–Kier alpha value is -1.56. The monoisotopic (exact) mass is 308 g/mol. The van der Waals surface area contributed by atoms with Crippen molar-refractivity contribution >= 4 is 21.4 Å². The molecule has 0 saturated heterocycles. The second-order valence-corrected chi connectivity index (χ2v) is 7.83. The molecule has 1 aromatic carbocycles. The van der Waals surface area contributed by atoms with Gasteiger partial charge < -0.3 is 5.21 Å². The summed E-state index contributed by atoms with van der Waals surface area (Å²) < 4.78 is 27.4. The summed E-state index contributed by atoms with van der Waals surface area (Å²) in [5.74, 6) is 0. The molecule has 1 N–H and O–H groups in total. The summed E-state index contributed by atoms with van der Waals surface area (Å²) >= 11 is 0. The van der Waals surface area contributed by atoms with Gasteiger partial charge in [-0.15, -0.1) is 0 Å². The summed E-state index contributed by atoms with van der Waals surface area (Å²) in [5.41, 5.74) is 1.93. The Morgan fingerprint density at radius 3 is 2.57 bits per heavy atom. The lowest BCUT2D eigenvalue weighted by molar-refractivity contribution is 0.318. The van der Waals surface area contributed by atoms with Gasteiger partial charge in [-0.3, -0.25) is 4.31 Å². The molecular formula is C15H20N2O3S. The lowest BCUT2D eigenvalue weighted by Crippen LogP contribution is -2.38. The van der Waals surface area contributed by atoms with Crippen LogP contribution in [0.25, 0.3) is 0 Å². The van der Waals surface area contributed by atoms with Gasteiger partial charge in [0.25, 0.3) is 0 Å². The van der Waals surface area contributed by atoms with Crippen molar-refractivity contribution < 1.29 is 13.6 Å². The van der Waals surface area contributed by atoms with Gasteiger partial charge in [0.15, 0.2) is 0 Å². The first kappa shape index (κ1) is 14.4. The normalized spacial score (nSPS) is 22.3. The topological polar surface area (TPSA) is 70.0 Å². The first-order valence-corrected chi connectivity index (χ1v) is 8.97. The van der Waals surface area contributed by atoms with Crippen LogP contribution in [-0.4, -0.2) is 31.1 Å². The van der Waals surface area contributed by atoms with Crippen molar-refractivity contribution in [2.24, 2.45) is 5.16 Å². The number of para-hydroxylation sites is 1. The van der Waals surface area contributed by atoms with Gasteiger partial charge in [0.05, 0.1) is 16.6 Å². The number of benzene rings is 1. The Balaban J connectivity index is 2.06. The zero-order valence-electron chi connectivity index (χ0n) is 11.9. The van der Waals surface area contributed by atoms with Crippen molar-refractivity contribution in [1.82, 2.24) is 0 Å². The number of rotatable bonds is 2. The van der Waals surface area contributed by atoms with Crippen LogP contribution in [-0.2, 0) is 10.0 Å². The fourth-order valence-corrected chi connectivity index (χ4v) is 5.42. The molecule has 1 fully saturated rings. The molecule has 0 bridgehead atoms. The standard InChI is InChI=1S/C15H20N2O3S/c18-16-14-9-5-11-17(15-10-4-3-8-13(14)15)21(19,20)12-6-1-2-7-12/h3-4,8,10,12,18H,1-2,5-7,9,11H2/b16-14-. The van der Waals surface area contributed by atoms with E-state index in [2.05, 4.69) is 5.16 Å². The highest BCUT2D eigenvalue weighted by atomic mass is 32.2. The van der Waals surface area contributed by atoms with Crippen molar-refractivity contribution in [2.75, 3.05) is 10.8 Å². The average molecular weight is 308 g/mol. The van der Waals surface area contributed by atoms with E-state index in [0.717, 1.165) is 31.2 Å². The van der Waals surface area contributed by atoms with Gasteiger partial charge in [-0.2, -0.15) is 0 Å². The fourth-order valence-electron chi connectivity index (χ4n) is 3.31. The number of nitrogens with zero attached hydrogens (tertiary/aromatic N) is 2. The van der Waals surface area contributed by atoms with Gasteiger partial charge in [0.2, 0.25) is 10.0 Å². The predicted octanol–water partition coefficient (Wildman–Crippen LogP) is 2.74. The molecule has 6 heteroatoms. The molecule has 1 saturated carbocycles. The molecule has 114 valence electrons. The van der Waals surface area contributed by atoms with Gasteiger partial charge in [-0.25, -0.2) is 8.42 Å². The van der Waals surface area contributed by atoms with Crippen LogP contribution < -0.4 is 4.31 Å². The highest BCUT2D eigenvalue weighted by Crippen LogP contribution is 2.34. The van der Waals surface area contributed by atoms with Gasteiger partial charge in [0.1, 0.15) is 0 Å². The van der Waals surface area contributed by atoms with Gasteiger partial charge >= 0.3 is 0 Å². The highest BCUT2D eigenvalue weighted by Gasteiger charge is 2.36. The fraction of sp³-hybridized carbons (Fsp3) is 0.533. The highest BCUT2D eigenvalue weighted by molar-refractivity contribution is 7.93. The molecule has 21 heavy (non-hydrogen) atoms. The minimum absolute atomic E-state index is 0.266. The van der Waals surface area contributed by atoms with E-state index < -0.39 is 10.0 Å². The van der Waals surface area contributed by atoms with E-state index in [1.165, 1.54) is 4.31 Å². The molecule has 0 aromatic heterocycles. The maximum atomic E-state index is 12.9. The molecule has 0 amide bonds. The number of hydrogen-bond donors (Lipinski definition) is 1. The van der Waals surface area contributed by atoms with Crippen LogP contribution in [0.15, 0.2) is 29.4 Å². The molecule has 5 nitrogen and oxygen atoms in total. The molecule has 1 aliphatic carbocycles. The summed E-state index contributed by atoms with van der Waals surface area (Å²) in [6, 6.07) is 7.30.